The predicted molar refractivity (Wildman–Crippen MR) is 63.2 cm³/mol. The number of hydrogen-bond donors (Lipinski definition) is 1. The molecule has 0 amide bonds. The summed E-state index contributed by atoms with van der Waals surface area (Å²) in [4.78, 5) is 0. The largest absolute Gasteiger partial charge is 0.213 e. The third kappa shape index (κ3) is 4.11. The molecule has 0 unspecified atom stereocenters. The van der Waals surface area contributed by atoms with Crippen LogP contribution >= 0.6 is 0 Å². The van der Waals surface area contributed by atoms with Crippen molar-refractivity contribution in [1.29, 1.82) is 0 Å². The number of sulfonamides is 1. The van der Waals surface area contributed by atoms with Crippen LogP contribution in [0.25, 0.3) is 0 Å². The van der Waals surface area contributed by atoms with Crippen LogP contribution in [-0.2, 0) is 10.0 Å². The monoisotopic (exact) mass is 233 g/mol. The van der Waals surface area contributed by atoms with Gasteiger partial charge in [-0.05, 0) is 24.2 Å². The third-order valence-corrected chi connectivity index (χ3v) is 3.97. The summed E-state index contributed by atoms with van der Waals surface area (Å²) < 4.78 is 25.3. The van der Waals surface area contributed by atoms with Gasteiger partial charge in [-0.1, -0.05) is 33.6 Å². The van der Waals surface area contributed by atoms with E-state index in [9.17, 15) is 8.42 Å². The second-order valence-electron chi connectivity index (χ2n) is 5.75. The van der Waals surface area contributed by atoms with Gasteiger partial charge >= 0.3 is 0 Å². The maximum Gasteiger partial charge on any atom is 0.208 e. The molecular formula is C11H23NO2S. The lowest BCUT2D eigenvalue weighted by molar-refractivity contribution is 0.144. The van der Waals surface area contributed by atoms with Crippen molar-refractivity contribution in [2.24, 2.45) is 11.3 Å². The van der Waals surface area contributed by atoms with Crippen molar-refractivity contribution in [3.05, 3.63) is 0 Å². The van der Waals surface area contributed by atoms with E-state index in [0.29, 0.717) is 5.92 Å². The van der Waals surface area contributed by atoms with E-state index in [4.69, 9.17) is 0 Å². The molecule has 0 aromatic heterocycles. The van der Waals surface area contributed by atoms with E-state index < -0.39 is 10.0 Å². The van der Waals surface area contributed by atoms with Gasteiger partial charge in [-0.25, -0.2) is 13.1 Å². The molecule has 4 heteroatoms. The second kappa shape index (κ2) is 4.42. The Labute approximate surface area is 93.7 Å². The zero-order valence-electron chi connectivity index (χ0n) is 10.2. The van der Waals surface area contributed by atoms with Gasteiger partial charge < -0.3 is 0 Å². The van der Waals surface area contributed by atoms with Crippen LogP contribution in [-0.4, -0.2) is 20.7 Å². The van der Waals surface area contributed by atoms with E-state index in [-0.39, 0.29) is 11.5 Å². The molecular weight excluding hydrogens is 210 g/mol. The van der Waals surface area contributed by atoms with E-state index in [1.807, 2.05) is 0 Å². The molecule has 0 bridgehead atoms. The smallest absolute Gasteiger partial charge is 0.208 e. The first-order valence-corrected chi connectivity index (χ1v) is 7.56. The predicted octanol–water partition coefficient (Wildman–Crippen LogP) is 2.14. The zero-order valence-corrected chi connectivity index (χ0v) is 11.0. The fourth-order valence-electron chi connectivity index (χ4n) is 2.58. The Kier molecular flexibility index (Phi) is 3.82. The summed E-state index contributed by atoms with van der Waals surface area (Å²) >= 11 is 0. The molecule has 15 heavy (non-hydrogen) atoms. The van der Waals surface area contributed by atoms with Crippen LogP contribution in [0.3, 0.4) is 0 Å². The molecule has 2 atom stereocenters. The maximum atomic E-state index is 11.3. The van der Waals surface area contributed by atoms with Crippen molar-refractivity contribution in [2.75, 3.05) is 6.26 Å². The molecule has 1 saturated carbocycles. The number of hydrogen-bond acceptors (Lipinski definition) is 2. The van der Waals surface area contributed by atoms with Gasteiger partial charge in [-0.2, -0.15) is 0 Å². The lowest BCUT2D eigenvalue weighted by Gasteiger charge is -2.40. The summed E-state index contributed by atoms with van der Waals surface area (Å²) in [6, 6.07) is 0.133. The Morgan fingerprint density at radius 1 is 1.13 bits per heavy atom. The average molecular weight is 233 g/mol. The van der Waals surface area contributed by atoms with Crippen molar-refractivity contribution in [2.45, 2.75) is 52.5 Å². The Hall–Kier alpha value is -0.0900. The van der Waals surface area contributed by atoms with Crippen molar-refractivity contribution >= 4 is 10.0 Å². The molecule has 0 aliphatic heterocycles. The van der Waals surface area contributed by atoms with Crippen LogP contribution in [0.5, 0.6) is 0 Å². The highest BCUT2D eigenvalue weighted by Crippen LogP contribution is 2.38. The van der Waals surface area contributed by atoms with E-state index in [2.05, 4.69) is 25.5 Å². The standard InChI is InChI=1S/C11H23NO2S/c1-11(2,3)9-7-5-6-8-10(9)12-15(4,13)14/h9-10,12H,5-8H2,1-4H3/t9-,10-/m1/s1. The van der Waals surface area contributed by atoms with Crippen molar-refractivity contribution < 1.29 is 8.42 Å². The van der Waals surface area contributed by atoms with Gasteiger partial charge in [0.1, 0.15) is 0 Å². The molecule has 0 aromatic carbocycles. The van der Waals surface area contributed by atoms with Gasteiger partial charge in [0.25, 0.3) is 0 Å². The van der Waals surface area contributed by atoms with Gasteiger partial charge in [0.05, 0.1) is 6.26 Å². The Morgan fingerprint density at radius 3 is 2.13 bits per heavy atom. The molecule has 0 spiro atoms. The molecule has 0 aromatic rings. The average Bonchev–Trinajstić information content (AvgIpc) is 1.99. The third-order valence-electron chi connectivity index (χ3n) is 3.24. The number of rotatable bonds is 2. The molecule has 0 radical (unpaired) electrons. The van der Waals surface area contributed by atoms with E-state index >= 15 is 0 Å². The number of nitrogens with one attached hydrogen (secondary N) is 1. The minimum atomic E-state index is -3.07. The first-order chi connectivity index (χ1) is 6.70. The summed E-state index contributed by atoms with van der Waals surface area (Å²) in [6.45, 7) is 6.58. The molecule has 1 aliphatic rings. The molecule has 1 rings (SSSR count). The normalized spacial score (nSPS) is 29.1. The van der Waals surface area contributed by atoms with E-state index in [0.717, 1.165) is 19.3 Å². The molecule has 1 aliphatic carbocycles. The highest BCUT2D eigenvalue weighted by molar-refractivity contribution is 7.88. The minimum Gasteiger partial charge on any atom is -0.213 e. The lowest BCUT2D eigenvalue weighted by Crippen LogP contribution is -2.46. The van der Waals surface area contributed by atoms with Crippen molar-refractivity contribution in [1.82, 2.24) is 4.72 Å². The first-order valence-electron chi connectivity index (χ1n) is 5.67. The SMILES string of the molecule is CC(C)(C)[C@@H]1CCCC[C@H]1NS(C)(=O)=O. The Morgan fingerprint density at radius 2 is 1.67 bits per heavy atom. The highest BCUT2D eigenvalue weighted by Gasteiger charge is 2.35. The van der Waals surface area contributed by atoms with Gasteiger partial charge in [-0.3, -0.25) is 0 Å². The summed E-state index contributed by atoms with van der Waals surface area (Å²) in [5.41, 5.74) is 0.183. The molecule has 90 valence electrons. The van der Waals surface area contributed by atoms with Crippen LogP contribution in [0, 0.1) is 11.3 Å². The van der Waals surface area contributed by atoms with Crippen LogP contribution in [0.15, 0.2) is 0 Å². The minimum absolute atomic E-state index is 0.133. The fraction of sp³-hybridized carbons (Fsp3) is 1.00. The van der Waals surface area contributed by atoms with Crippen LogP contribution in [0.4, 0.5) is 0 Å². The lowest BCUT2D eigenvalue weighted by atomic mass is 9.70. The van der Waals surface area contributed by atoms with E-state index in [1.165, 1.54) is 12.7 Å². The van der Waals surface area contributed by atoms with Gasteiger partial charge in [0.2, 0.25) is 10.0 Å². The summed E-state index contributed by atoms with van der Waals surface area (Å²) in [5, 5.41) is 0. The molecule has 1 fully saturated rings. The summed E-state index contributed by atoms with van der Waals surface area (Å²) in [5.74, 6) is 0.459. The van der Waals surface area contributed by atoms with Crippen molar-refractivity contribution in [3.8, 4) is 0 Å². The van der Waals surface area contributed by atoms with Gasteiger partial charge in [0, 0.05) is 6.04 Å². The van der Waals surface area contributed by atoms with Gasteiger partial charge in [0.15, 0.2) is 0 Å². The second-order valence-corrected chi connectivity index (χ2v) is 7.53. The van der Waals surface area contributed by atoms with Crippen LogP contribution < -0.4 is 4.72 Å². The Balaban J connectivity index is 2.75. The fourth-order valence-corrected chi connectivity index (χ4v) is 3.42. The van der Waals surface area contributed by atoms with Crippen LogP contribution in [0.1, 0.15) is 46.5 Å². The maximum absolute atomic E-state index is 11.3. The van der Waals surface area contributed by atoms with E-state index in [1.54, 1.807) is 0 Å². The zero-order chi connectivity index (χ0) is 11.7. The molecule has 3 nitrogen and oxygen atoms in total. The van der Waals surface area contributed by atoms with Crippen LogP contribution in [0.2, 0.25) is 0 Å². The molecule has 1 N–H and O–H groups in total. The summed E-state index contributed by atoms with van der Waals surface area (Å²) in [6.07, 6.45) is 5.73. The van der Waals surface area contributed by atoms with Crippen molar-refractivity contribution in [3.63, 3.8) is 0 Å². The van der Waals surface area contributed by atoms with Gasteiger partial charge in [-0.15, -0.1) is 0 Å². The summed E-state index contributed by atoms with van der Waals surface area (Å²) in [7, 11) is -3.07. The topological polar surface area (TPSA) is 46.2 Å². The highest BCUT2D eigenvalue weighted by atomic mass is 32.2. The Bertz CT molecular complexity index is 303. The first kappa shape index (κ1) is 13.0. The molecule has 0 saturated heterocycles. The quantitative estimate of drug-likeness (QED) is 0.794. The molecule has 0 heterocycles.